The number of carbonyl (C=O) groups is 1. The monoisotopic (exact) mass is 388 g/mol. The molecule has 1 aromatic heterocycles. The molecule has 1 amide bonds. The van der Waals surface area contributed by atoms with Crippen LogP contribution < -0.4 is 10.6 Å². The van der Waals surface area contributed by atoms with Crippen molar-refractivity contribution in [1.82, 2.24) is 15.1 Å². The summed E-state index contributed by atoms with van der Waals surface area (Å²) in [7, 11) is 0. The van der Waals surface area contributed by atoms with Gasteiger partial charge in [0.15, 0.2) is 0 Å². The normalized spacial score (nSPS) is 16.6. The molecule has 0 atom stereocenters. The summed E-state index contributed by atoms with van der Waals surface area (Å²) in [6.45, 7) is 1.34. The van der Waals surface area contributed by atoms with Crippen molar-refractivity contribution < 1.29 is 18.0 Å². The molecule has 1 fully saturated rings. The van der Waals surface area contributed by atoms with E-state index in [2.05, 4.69) is 15.7 Å². The van der Waals surface area contributed by atoms with Gasteiger partial charge in [-0.1, -0.05) is 12.1 Å². The van der Waals surface area contributed by atoms with Gasteiger partial charge >= 0.3 is 6.18 Å². The Labute approximate surface area is 155 Å². The molecule has 0 unspecified atom stereocenters. The number of hydrogen-bond acceptors (Lipinski definition) is 3. The van der Waals surface area contributed by atoms with Gasteiger partial charge in [0.2, 0.25) is 0 Å². The van der Waals surface area contributed by atoms with Gasteiger partial charge in [-0.3, -0.25) is 9.48 Å². The smallest absolute Gasteiger partial charge is 0.324 e. The highest BCUT2D eigenvalue weighted by molar-refractivity contribution is 5.96. The van der Waals surface area contributed by atoms with E-state index in [1.54, 1.807) is 29.2 Å². The Kier molecular flexibility index (Phi) is 6.30. The zero-order valence-corrected chi connectivity index (χ0v) is 14.7. The van der Waals surface area contributed by atoms with Crippen molar-refractivity contribution in [2.75, 3.05) is 18.4 Å². The SMILES string of the molecule is Cl.O=C(Nc1cccc(CC(F)(F)F)c1)C1(n2cccn2)CCNCC1. The fourth-order valence-corrected chi connectivity index (χ4v) is 3.16. The Hall–Kier alpha value is -2.06. The van der Waals surface area contributed by atoms with Crippen LogP contribution in [0.25, 0.3) is 0 Å². The third-order valence-corrected chi connectivity index (χ3v) is 4.39. The Morgan fingerprint density at radius 2 is 2.00 bits per heavy atom. The van der Waals surface area contributed by atoms with E-state index < -0.39 is 18.1 Å². The lowest BCUT2D eigenvalue weighted by Gasteiger charge is -2.36. The van der Waals surface area contributed by atoms with Crippen LogP contribution in [-0.4, -0.2) is 35.0 Å². The lowest BCUT2D eigenvalue weighted by atomic mass is 9.87. The maximum Gasteiger partial charge on any atom is 0.393 e. The molecule has 2 N–H and O–H groups in total. The van der Waals surface area contributed by atoms with Gasteiger partial charge in [0, 0.05) is 18.1 Å². The average molecular weight is 389 g/mol. The van der Waals surface area contributed by atoms with E-state index in [1.807, 2.05) is 0 Å². The highest BCUT2D eigenvalue weighted by Crippen LogP contribution is 2.29. The van der Waals surface area contributed by atoms with E-state index in [9.17, 15) is 18.0 Å². The molecule has 0 radical (unpaired) electrons. The lowest BCUT2D eigenvalue weighted by Crippen LogP contribution is -2.52. The van der Waals surface area contributed by atoms with Crippen LogP contribution >= 0.6 is 12.4 Å². The molecule has 142 valence electrons. The fraction of sp³-hybridized carbons (Fsp3) is 0.412. The van der Waals surface area contributed by atoms with Crippen LogP contribution in [0.1, 0.15) is 18.4 Å². The summed E-state index contributed by atoms with van der Waals surface area (Å²) >= 11 is 0. The highest BCUT2D eigenvalue weighted by atomic mass is 35.5. The summed E-state index contributed by atoms with van der Waals surface area (Å²) in [6, 6.07) is 7.62. The standard InChI is InChI=1S/C17H19F3N4O.ClH/c18-17(19,20)12-13-3-1-4-14(11-13)23-15(25)16(5-8-21-9-6-16)24-10-2-7-22-24;/h1-4,7,10-11,21H,5-6,8-9,12H2,(H,23,25);1H. The number of alkyl halides is 3. The second-order valence-electron chi connectivity index (χ2n) is 6.18. The van der Waals surface area contributed by atoms with Crippen molar-refractivity contribution >= 4 is 24.0 Å². The first-order valence-electron chi connectivity index (χ1n) is 8.07. The Balaban J connectivity index is 0.00000243. The van der Waals surface area contributed by atoms with Gasteiger partial charge in [-0.15, -0.1) is 12.4 Å². The minimum absolute atomic E-state index is 0. The largest absolute Gasteiger partial charge is 0.393 e. The van der Waals surface area contributed by atoms with Crippen LogP contribution in [0, 0.1) is 0 Å². The van der Waals surface area contributed by atoms with E-state index in [1.165, 1.54) is 18.2 Å². The average Bonchev–Trinajstić information content (AvgIpc) is 3.09. The maximum atomic E-state index is 13.0. The van der Waals surface area contributed by atoms with Crippen molar-refractivity contribution in [3.8, 4) is 0 Å². The quantitative estimate of drug-likeness (QED) is 0.846. The van der Waals surface area contributed by atoms with Gasteiger partial charge in [-0.2, -0.15) is 18.3 Å². The number of halogens is 4. The first kappa shape index (κ1) is 20.3. The molecule has 2 heterocycles. The molecule has 0 bridgehead atoms. The number of nitrogens with one attached hydrogen (secondary N) is 2. The molecule has 1 aliphatic heterocycles. The third-order valence-electron chi connectivity index (χ3n) is 4.39. The number of piperidine rings is 1. The number of amides is 1. The zero-order chi connectivity index (χ0) is 17.9. The predicted molar refractivity (Wildman–Crippen MR) is 94.4 cm³/mol. The third kappa shape index (κ3) is 4.56. The Morgan fingerprint density at radius 1 is 1.27 bits per heavy atom. The van der Waals surface area contributed by atoms with Gasteiger partial charge in [0.05, 0.1) is 6.42 Å². The number of carbonyl (C=O) groups excluding carboxylic acids is 1. The number of nitrogens with zero attached hydrogens (tertiary/aromatic N) is 2. The molecule has 9 heteroatoms. The van der Waals surface area contributed by atoms with Crippen molar-refractivity contribution in [1.29, 1.82) is 0 Å². The van der Waals surface area contributed by atoms with E-state index in [0.29, 0.717) is 31.6 Å². The molecule has 2 aromatic rings. The second-order valence-corrected chi connectivity index (χ2v) is 6.18. The maximum absolute atomic E-state index is 13.0. The number of hydrogen-bond donors (Lipinski definition) is 2. The minimum Gasteiger partial charge on any atom is -0.324 e. The molecular weight excluding hydrogens is 369 g/mol. The van der Waals surface area contributed by atoms with Crippen molar-refractivity contribution in [2.45, 2.75) is 31.0 Å². The van der Waals surface area contributed by atoms with E-state index in [0.717, 1.165) is 0 Å². The molecule has 1 aliphatic rings. The van der Waals surface area contributed by atoms with Crippen LogP contribution in [0.2, 0.25) is 0 Å². The molecule has 0 spiro atoms. The summed E-state index contributed by atoms with van der Waals surface area (Å²) in [5, 5.41) is 10.2. The van der Waals surface area contributed by atoms with Crippen molar-refractivity contribution in [3.05, 3.63) is 48.3 Å². The molecule has 1 saturated heterocycles. The van der Waals surface area contributed by atoms with Crippen LogP contribution in [0.3, 0.4) is 0 Å². The van der Waals surface area contributed by atoms with Crippen LogP contribution in [-0.2, 0) is 16.8 Å². The topological polar surface area (TPSA) is 59.0 Å². The number of anilines is 1. The summed E-state index contributed by atoms with van der Waals surface area (Å²) in [5.74, 6) is -0.262. The molecule has 0 aliphatic carbocycles. The minimum atomic E-state index is -4.28. The molecular formula is C17H20ClF3N4O. The molecule has 3 rings (SSSR count). The van der Waals surface area contributed by atoms with Crippen molar-refractivity contribution in [3.63, 3.8) is 0 Å². The summed E-state index contributed by atoms with van der Waals surface area (Å²) in [5.41, 5.74) is -0.366. The summed E-state index contributed by atoms with van der Waals surface area (Å²) < 4.78 is 39.3. The van der Waals surface area contributed by atoms with Crippen LogP contribution in [0.4, 0.5) is 18.9 Å². The fourth-order valence-electron chi connectivity index (χ4n) is 3.16. The van der Waals surface area contributed by atoms with Gasteiger partial charge < -0.3 is 10.6 Å². The molecule has 0 saturated carbocycles. The van der Waals surface area contributed by atoms with Gasteiger partial charge in [0.1, 0.15) is 5.54 Å². The highest BCUT2D eigenvalue weighted by Gasteiger charge is 2.42. The predicted octanol–water partition coefficient (Wildman–Crippen LogP) is 3.13. The van der Waals surface area contributed by atoms with E-state index in [-0.39, 0.29) is 23.9 Å². The van der Waals surface area contributed by atoms with E-state index in [4.69, 9.17) is 0 Å². The number of aromatic nitrogens is 2. The van der Waals surface area contributed by atoms with Crippen molar-refractivity contribution in [2.24, 2.45) is 0 Å². The summed E-state index contributed by atoms with van der Waals surface area (Å²) in [4.78, 5) is 13.0. The first-order valence-corrected chi connectivity index (χ1v) is 8.07. The lowest BCUT2D eigenvalue weighted by molar-refractivity contribution is -0.127. The molecule has 26 heavy (non-hydrogen) atoms. The Morgan fingerprint density at radius 3 is 2.62 bits per heavy atom. The zero-order valence-electron chi connectivity index (χ0n) is 13.9. The van der Waals surface area contributed by atoms with Gasteiger partial charge in [-0.25, -0.2) is 0 Å². The van der Waals surface area contributed by atoms with Crippen LogP contribution in [0.15, 0.2) is 42.7 Å². The number of rotatable bonds is 4. The first-order chi connectivity index (χ1) is 11.9. The second kappa shape index (κ2) is 8.09. The van der Waals surface area contributed by atoms with Crippen LogP contribution in [0.5, 0.6) is 0 Å². The van der Waals surface area contributed by atoms with Gasteiger partial charge in [0.25, 0.3) is 5.91 Å². The molecule has 1 aromatic carbocycles. The van der Waals surface area contributed by atoms with Gasteiger partial charge in [-0.05, 0) is 49.7 Å². The Bertz CT molecular complexity index is 728. The summed E-state index contributed by atoms with van der Waals surface area (Å²) in [6.07, 6.45) is -0.837. The molecule has 5 nitrogen and oxygen atoms in total. The van der Waals surface area contributed by atoms with E-state index >= 15 is 0 Å². The number of benzene rings is 1.